The molecule has 0 radical (unpaired) electrons. The van der Waals surface area contributed by atoms with E-state index in [2.05, 4.69) is 17.6 Å². The van der Waals surface area contributed by atoms with Gasteiger partial charge < -0.3 is 15.5 Å². The lowest BCUT2D eigenvalue weighted by atomic mass is 9.48. The van der Waals surface area contributed by atoms with Crippen LogP contribution in [0.25, 0.3) is 0 Å². The topological polar surface area (TPSA) is 61.4 Å². The first-order valence-corrected chi connectivity index (χ1v) is 11.9. The van der Waals surface area contributed by atoms with Crippen LogP contribution >= 0.6 is 0 Å². The number of hydrogen-bond donors (Lipinski definition) is 2. The molecule has 4 bridgehead atoms. The standard InChI is InChI=1S/C25H35N3O2/c1-17(25-13-18-10-19(14-25)12-20(11-18)15-25)26-23(29)21-6-5-9-28(16-21)24(30)27-22-7-3-2-4-8-22/h2-4,7-8,17-21H,5-6,9-16H2,1H3,(H,26,29)(H,27,30). The Morgan fingerprint density at radius 3 is 2.30 bits per heavy atom. The van der Waals surface area contributed by atoms with Crippen molar-refractivity contribution in [3.05, 3.63) is 30.3 Å². The third-order valence-corrected chi connectivity index (χ3v) is 8.47. The summed E-state index contributed by atoms with van der Waals surface area (Å²) < 4.78 is 0. The van der Waals surface area contributed by atoms with Gasteiger partial charge in [0.05, 0.1) is 5.92 Å². The number of hydrogen-bond acceptors (Lipinski definition) is 2. The molecule has 0 aromatic heterocycles. The Labute approximate surface area is 180 Å². The minimum absolute atomic E-state index is 0.100. The van der Waals surface area contributed by atoms with Crippen molar-refractivity contribution in [3.63, 3.8) is 0 Å². The largest absolute Gasteiger partial charge is 0.353 e. The molecule has 4 aliphatic carbocycles. The first kappa shape index (κ1) is 19.9. The molecular weight excluding hydrogens is 374 g/mol. The van der Waals surface area contributed by atoms with Crippen molar-refractivity contribution in [2.45, 2.75) is 64.3 Å². The van der Waals surface area contributed by atoms with Crippen molar-refractivity contribution in [1.29, 1.82) is 0 Å². The zero-order chi connectivity index (χ0) is 20.7. The molecule has 2 atom stereocenters. The van der Waals surface area contributed by atoms with E-state index in [0.717, 1.165) is 36.3 Å². The second-order valence-electron chi connectivity index (χ2n) is 10.6. The van der Waals surface area contributed by atoms with Crippen LogP contribution in [0.2, 0.25) is 0 Å². The van der Waals surface area contributed by atoms with Crippen LogP contribution < -0.4 is 10.6 Å². The summed E-state index contributed by atoms with van der Waals surface area (Å²) in [7, 11) is 0. The quantitative estimate of drug-likeness (QED) is 0.760. The van der Waals surface area contributed by atoms with Crippen molar-refractivity contribution < 1.29 is 9.59 Å². The fourth-order valence-corrected chi connectivity index (χ4v) is 7.29. The number of rotatable bonds is 4. The third-order valence-electron chi connectivity index (χ3n) is 8.47. The Hall–Kier alpha value is -2.04. The Morgan fingerprint density at radius 2 is 1.67 bits per heavy atom. The number of piperidine rings is 1. The maximum Gasteiger partial charge on any atom is 0.321 e. The summed E-state index contributed by atoms with van der Waals surface area (Å²) in [5.74, 6) is 2.72. The maximum atomic E-state index is 13.2. The Kier molecular flexibility index (Phi) is 5.24. The minimum atomic E-state index is -0.104. The zero-order valence-corrected chi connectivity index (χ0v) is 18.1. The van der Waals surface area contributed by atoms with Gasteiger partial charge in [-0.2, -0.15) is 0 Å². The molecule has 2 N–H and O–H groups in total. The van der Waals surface area contributed by atoms with Crippen LogP contribution in [0, 0.1) is 29.1 Å². The van der Waals surface area contributed by atoms with E-state index in [1.165, 1.54) is 38.5 Å². The molecule has 1 saturated heterocycles. The smallest absolute Gasteiger partial charge is 0.321 e. The van der Waals surface area contributed by atoms with Gasteiger partial charge in [0, 0.05) is 24.8 Å². The summed E-state index contributed by atoms with van der Waals surface area (Å²) in [5.41, 5.74) is 1.12. The van der Waals surface area contributed by atoms with Gasteiger partial charge >= 0.3 is 6.03 Å². The van der Waals surface area contributed by atoms with Gasteiger partial charge in [-0.15, -0.1) is 0 Å². The fraction of sp³-hybridized carbons (Fsp3) is 0.680. The molecule has 5 nitrogen and oxygen atoms in total. The van der Waals surface area contributed by atoms with Crippen LogP contribution in [0.5, 0.6) is 0 Å². The average molecular weight is 410 g/mol. The highest BCUT2D eigenvalue weighted by Crippen LogP contribution is 2.61. The van der Waals surface area contributed by atoms with Gasteiger partial charge in [0.1, 0.15) is 0 Å². The Balaban J connectivity index is 1.18. The fourth-order valence-electron chi connectivity index (χ4n) is 7.29. The molecule has 0 spiro atoms. The van der Waals surface area contributed by atoms with Gasteiger partial charge in [0.2, 0.25) is 5.91 Å². The predicted molar refractivity (Wildman–Crippen MR) is 118 cm³/mol. The molecule has 1 aromatic rings. The highest BCUT2D eigenvalue weighted by molar-refractivity contribution is 5.90. The second-order valence-corrected chi connectivity index (χ2v) is 10.6. The SMILES string of the molecule is CC(NC(=O)C1CCCN(C(=O)Nc2ccccc2)C1)C12CC3CC(CC(C3)C1)C2. The number of likely N-dealkylation sites (tertiary alicyclic amines) is 1. The van der Waals surface area contributed by atoms with E-state index in [9.17, 15) is 9.59 Å². The van der Waals surface area contributed by atoms with E-state index < -0.39 is 0 Å². The number of benzene rings is 1. The number of urea groups is 1. The molecule has 6 rings (SSSR count). The number of carbonyl (C=O) groups excluding carboxylic acids is 2. The van der Waals surface area contributed by atoms with Crippen LogP contribution in [0.1, 0.15) is 58.3 Å². The molecule has 5 aliphatic rings. The van der Waals surface area contributed by atoms with E-state index in [-0.39, 0.29) is 23.9 Å². The van der Waals surface area contributed by atoms with Gasteiger partial charge in [-0.25, -0.2) is 4.79 Å². The van der Waals surface area contributed by atoms with Gasteiger partial charge in [0.25, 0.3) is 0 Å². The summed E-state index contributed by atoms with van der Waals surface area (Å²) in [6.07, 6.45) is 9.93. The molecule has 4 saturated carbocycles. The molecule has 5 fully saturated rings. The highest BCUT2D eigenvalue weighted by atomic mass is 16.2. The number of para-hydroxylation sites is 1. The lowest BCUT2D eigenvalue weighted by molar-refractivity contribution is -0.131. The van der Waals surface area contributed by atoms with E-state index in [1.54, 1.807) is 4.90 Å². The monoisotopic (exact) mass is 409 g/mol. The van der Waals surface area contributed by atoms with E-state index in [1.807, 2.05) is 30.3 Å². The van der Waals surface area contributed by atoms with E-state index >= 15 is 0 Å². The van der Waals surface area contributed by atoms with Gasteiger partial charge in [-0.3, -0.25) is 4.79 Å². The van der Waals surface area contributed by atoms with Gasteiger partial charge in [-0.05, 0) is 93.6 Å². The van der Waals surface area contributed by atoms with Crippen LogP contribution in [-0.4, -0.2) is 36.0 Å². The lowest BCUT2D eigenvalue weighted by Gasteiger charge is -2.59. The molecule has 3 amide bonds. The average Bonchev–Trinajstić information content (AvgIpc) is 2.73. The molecule has 1 aromatic carbocycles. The number of nitrogens with one attached hydrogen (secondary N) is 2. The molecule has 30 heavy (non-hydrogen) atoms. The summed E-state index contributed by atoms with van der Waals surface area (Å²) in [5, 5.41) is 6.37. The van der Waals surface area contributed by atoms with Gasteiger partial charge in [0.15, 0.2) is 0 Å². The van der Waals surface area contributed by atoms with Crippen LogP contribution in [0.3, 0.4) is 0 Å². The van der Waals surface area contributed by atoms with Crippen LogP contribution in [0.4, 0.5) is 10.5 Å². The van der Waals surface area contributed by atoms with Crippen molar-refractivity contribution in [2.24, 2.45) is 29.1 Å². The molecule has 1 heterocycles. The molecular formula is C25H35N3O2. The zero-order valence-electron chi connectivity index (χ0n) is 18.1. The molecule has 162 valence electrons. The number of anilines is 1. The summed E-state index contributed by atoms with van der Waals surface area (Å²) in [6.45, 7) is 3.47. The Bertz CT molecular complexity index is 758. The van der Waals surface area contributed by atoms with Crippen molar-refractivity contribution >= 4 is 17.6 Å². The van der Waals surface area contributed by atoms with E-state index in [0.29, 0.717) is 18.5 Å². The number of nitrogens with zero attached hydrogens (tertiary/aromatic N) is 1. The predicted octanol–water partition coefficient (Wildman–Crippen LogP) is 4.65. The van der Waals surface area contributed by atoms with Crippen molar-refractivity contribution in [2.75, 3.05) is 18.4 Å². The first-order valence-electron chi connectivity index (χ1n) is 11.9. The lowest BCUT2D eigenvalue weighted by Crippen LogP contribution is -2.57. The highest BCUT2D eigenvalue weighted by Gasteiger charge is 2.53. The van der Waals surface area contributed by atoms with Crippen LogP contribution in [0.15, 0.2) is 30.3 Å². The Morgan fingerprint density at radius 1 is 1.03 bits per heavy atom. The van der Waals surface area contributed by atoms with Gasteiger partial charge in [-0.1, -0.05) is 18.2 Å². The third kappa shape index (κ3) is 3.83. The molecule has 5 heteroatoms. The second kappa shape index (κ2) is 7.90. The minimum Gasteiger partial charge on any atom is -0.353 e. The maximum absolute atomic E-state index is 13.2. The first-order chi connectivity index (χ1) is 14.5. The van der Waals surface area contributed by atoms with Crippen LogP contribution in [-0.2, 0) is 4.79 Å². The summed E-state index contributed by atoms with van der Waals surface area (Å²) in [6, 6.07) is 9.67. The van der Waals surface area contributed by atoms with E-state index in [4.69, 9.17) is 0 Å². The molecule has 2 unspecified atom stereocenters. The summed E-state index contributed by atoms with van der Waals surface area (Å²) in [4.78, 5) is 27.6. The normalized spacial score (nSPS) is 35.7. The number of amides is 3. The van der Waals surface area contributed by atoms with Crippen molar-refractivity contribution in [1.82, 2.24) is 10.2 Å². The number of carbonyl (C=O) groups is 2. The molecule has 1 aliphatic heterocycles. The van der Waals surface area contributed by atoms with Crippen molar-refractivity contribution in [3.8, 4) is 0 Å². The summed E-state index contributed by atoms with van der Waals surface area (Å²) >= 11 is 0.